The van der Waals surface area contributed by atoms with Gasteiger partial charge in [-0.2, -0.15) is 0 Å². The van der Waals surface area contributed by atoms with Crippen LogP contribution < -0.4 is 15.5 Å². The molecule has 0 unspecified atom stereocenters. The van der Waals surface area contributed by atoms with Crippen molar-refractivity contribution in [1.29, 1.82) is 0 Å². The van der Waals surface area contributed by atoms with E-state index in [1.807, 2.05) is 37.4 Å². The Morgan fingerprint density at radius 1 is 1.00 bits per heavy atom. The Labute approximate surface area is 166 Å². The standard InChI is InChI=1S/C22H29N3OS/c1-17(22(26)24-20-9-5-6-10-21(20)27-2)23-18-11-13-19(14-12-18)25-15-7-3-4-8-16-25/h5-6,9-14,17,23H,3-4,7-8,15-16H2,1-2H3,(H,24,26)/t17-/m1/s1. The molecular weight excluding hydrogens is 354 g/mol. The molecule has 0 aliphatic carbocycles. The van der Waals surface area contributed by atoms with Gasteiger partial charge < -0.3 is 15.5 Å². The summed E-state index contributed by atoms with van der Waals surface area (Å²) in [7, 11) is 0. The van der Waals surface area contributed by atoms with Gasteiger partial charge in [0.05, 0.1) is 5.69 Å². The summed E-state index contributed by atoms with van der Waals surface area (Å²) < 4.78 is 0. The van der Waals surface area contributed by atoms with E-state index in [9.17, 15) is 4.79 Å². The summed E-state index contributed by atoms with van der Waals surface area (Å²) in [6.07, 6.45) is 7.23. The van der Waals surface area contributed by atoms with E-state index < -0.39 is 0 Å². The Morgan fingerprint density at radius 3 is 2.33 bits per heavy atom. The molecule has 2 N–H and O–H groups in total. The van der Waals surface area contributed by atoms with Crippen molar-refractivity contribution in [3.63, 3.8) is 0 Å². The first-order valence-corrected chi connectivity index (χ1v) is 11.0. The van der Waals surface area contributed by atoms with Gasteiger partial charge in [0.1, 0.15) is 6.04 Å². The second-order valence-electron chi connectivity index (χ2n) is 7.00. The van der Waals surface area contributed by atoms with E-state index in [1.165, 1.54) is 31.4 Å². The molecule has 27 heavy (non-hydrogen) atoms. The Hall–Kier alpha value is -2.14. The molecule has 0 bridgehead atoms. The van der Waals surface area contributed by atoms with Crippen LogP contribution in [0.5, 0.6) is 0 Å². The Bertz CT molecular complexity index is 739. The second kappa shape index (κ2) is 9.70. The maximum atomic E-state index is 12.5. The van der Waals surface area contributed by atoms with Crippen molar-refractivity contribution < 1.29 is 4.79 Å². The summed E-state index contributed by atoms with van der Waals surface area (Å²) in [5.74, 6) is -0.0342. The molecule has 1 aliphatic rings. The molecule has 1 fully saturated rings. The number of benzene rings is 2. The quantitative estimate of drug-likeness (QED) is 0.671. The van der Waals surface area contributed by atoms with Crippen molar-refractivity contribution >= 4 is 34.7 Å². The van der Waals surface area contributed by atoms with Crippen molar-refractivity contribution in [3.8, 4) is 0 Å². The predicted molar refractivity (Wildman–Crippen MR) is 117 cm³/mol. The molecule has 144 valence electrons. The number of amides is 1. The lowest BCUT2D eigenvalue weighted by atomic mass is 10.2. The number of nitrogens with zero attached hydrogens (tertiary/aromatic N) is 1. The summed E-state index contributed by atoms with van der Waals surface area (Å²) in [4.78, 5) is 16.1. The van der Waals surface area contributed by atoms with Gasteiger partial charge in [0, 0.05) is 29.4 Å². The third-order valence-corrected chi connectivity index (χ3v) is 5.78. The summed E-state index contributed by atoms with van der Waals surface area (Å²) in [5.41, 5.74) is 3.10. The Balaban J connectivity index is 1.58. The van der Waals surface area contributed by atoms with Gasteiger partial charge in [-0.05, 0) is 62.4 Å². The third-order valence-electron chi connectivity index (χ3n) is 4.98. The van der Waals surface area contributed by atoms with Crippen molar-refractivity contribution in [3.05, 3.63) is 48.5 Å². The van der Waals surface area contributed by atoms with Crippen LogP contribution in [0.2, 0.25) is 0 Å². The highest BCUT2D eigenvalue weighted by Gasteiger charge is 2.15. The molecule has 1 heterocycles. The molecule has 0 spiro atoms. The SMILES string of the molecule is CSc1ccccc1NC(=O)[C@@H](C)Nc1ccc(N2CCCCCC2)cc1. The maximum Gasteiger partial charge on any atom is 0.246 e. The molecule has 0 radical (unpaired) electrons. The number of nitrogens with one attached hydrogen (secondary N) is 2. The van der Waals surface area contributed by atoms with Gasteiger partial charge in [-0.25, -0.2) is 0 Å². The molecule has 1 atom stereocenters. The first-order chi connectivity index (χ1) is 13.2. The van der Waals surface area contributed by atoms with Crippen LogP contribution in [0.3, 0.4) is 0 Å². The zero-order valence-corrected chi connectivity index (χ0v) is 17.0. The fourth-order valence-corrected chi connectivity index (χ4v) is 3.96. The predicted octanol–water partition coefficient (Wildman–Crippen LogP) is 5.23. The van der Waals surface area contributed by atoms with Crippen LogP contribution in [0.15, 0.2) is 53.4 Å². The lowest BCUT2D eigenvalue weighted by Gasteiger charge is -2.23. The van der Waals surface area contributed by atoms with Crippen LogP contribution in [0.4, 0.5) is 17.1 Å². The molecule has 0 aromatic heterocycles. The number of rotatable bonds is 6. The van der Waals surface area contributed by atoms with Gasteiger partial charge in [-0.1, -0.05) is 25.0 Å². The van der Waals surface area contributed by atoms with Gasteiger partial charge in [0.25, 0.3) is 0 Å². The molecule has 2 aromatic carbocycles. The highest BCUT2D eigenvalue weighted by atomic mass is 32.2. The first-order valence-electron chi connectivity index (χ1n) is 9.73. The smallest absolute Gasteiger partial charge is 0.246 e. The number of para-hydroxylation sites is 1. The van der Waals surface area contributed by atoms with Gasteiger partial charge in [-0.15, -0.1) is 11.8 Å². The van der Waals surface area contributed by atoms with E-state index in [2.05, 4.69) is 39.8 Å². The van der Waals surface area contributed by atoms with Crippen LogP contribution in [-0.4, -0.2) is 31.3 Å². The van der Waals surface area contributed by atoms with Crippen LogP contribution >= 0.6 is 11.8 Å². The molecule has 1 amide bonds. The van der Waals surface area contributed by atoms with E-state index in [1.54, 1.807) is 11.8 Å². The number of thioether (sulfide) groups is 1. The van der Waals surface area contributed by atoms with Crippen LogP contribution in [0.25, 0.3) is 0 Å². The fourth-order valence-electron chi connectivity index (χ4n) is 3.40. The largest absolute Gasteiger partial charge is 0.374 e. The molecule has 3 rings (SSSR count). The minimum atomic E-state index is -0.316. The number of carbonyl (C=O) groups excluding carboxylic acids is 1. The Morgan fingerprint density at radius 2 is 1.67 bits per heavy atom. The van der Waals surface area contributed by atoms with Crippen molar-refractivity contribution in [2.75, 3.05) is 34.9 Å². The van der Waals surface area contributed by atoms with Crippen molar-refractivity contribution in [2.45, 2.75) is 43.5 Å². The van der Waals surface area contributed by atoms with Gasteiger partial charge in [-0.3, -0.25) is 4.79 Å². The van der Waals surface area contributed by atoms with E-state index in [-0.39, 0.29) is 11.9 Å². The normalized spacial score (nSPS) is 15.7. The van der Waals surface area contributed by atoms with Crippen molar-refractivity contribution in [2.24, 2.45) is 0 Å². The second-order valence-corrected chi connectivity index (χ2v) is 7.85. The first kappa shape index (κ1) is 19.6. The summed E-state index contributed by atoms with van der Waals surface area (Å²) >= 11 is 1.63. The lowest BCUT2D eigenvalue weighted by Crippen LogP contribution is -2.32. The van der Waals surface area contributed by atoms with Gasteiger partial charge in [0.2, 0.25) is 5.91 Å². The number of hydrogen-bond acceptors (Lipinski definition) is 4. The van der Waals surface area contributed by atoms with Crippen LogP contribution in [0.1, 0.15) is 32.6 Å². The summed E-state index contributed by atoms with van der Waals surface area (Å²) in [6, 6.07) is 16.0. The van der Waals surface area contributed by atoms with Crippen LogP contribution in [0, 0.1) is 0 Å². The minimum absolute atomic E-state index is 0.0342. The number of anilines is 3. The molecule has 4 nitrogen and oxygen atoms in total. The van der Waals surface area contributed by atoms with Crippen LogP contribution in [-0.2, 0) is 4.79 Å². The van der Waals surface area contributed by atoms with E-state index in [0.29, 0.717) is 0 Å². The molecule has 1 aliphatic heterocycles. The van der Waals surface area contributed by atoms with E-state index in [4.69, 9.17) is 0 Å². The van der Waals surface area contributed by atoms with E-state index >= 15 is 0 Å². The fraction of sp³-hybridized carbons (Fsp3) is 0.409. The zero-order valence-electron chi connectivity index (χ0n) is 16.2. The van der Waals surface area contributed by atoms with E-state index in [0.717, 1.165) is 29.4 Å². The highest BCUT2D eigenvalue weighted by Crippen LogP contribution is 2.25. The number of hydrogen-bond donors (Lipinski definition) is 2. The monoisotopic (exact) mass is 383 g/mol. The zero-order chi connectivity index (χ0) is 19.1. The highest BCUT2D eigenvalue weighted by molar-refractivity contribution is 7.98. The van der Waals surface area contributed by atoms with Crippen molar-refractivity contribution in [1.82, 2.24) is 0 Å². The van der Waals surface area contributed by atoms with Gasteiger partial charge >= 0.3 is 0 Å². The summed E-state index contributed by atoms with van der Waals surface area (Å²) in [6.45, 7) is 4.17. The maximum absolute atomic E-state index is 12.5. The molecular formula is C22H29N3OS. The average Bonchev–Trinajstić information content (AvgIpc) is 2.98. The molecule has 5 heteroatoms. The lowest BCUT2D eigenvalue weighted by molar-refractivity contribution is -0.116. The minimum Gasteiger partial charge on any atom is -0.374 e. The third kappa shape index (κ3) is 5.42. The molecule has 0 saturated carbocycles. The average molecular weight is 384 g/mol. The molecule has 1 saturated heterocycles. The Kier molecular flexibility index (Phi) is 7.04. The topological polar surface area (TPSA) is 44.4 Å². The summed E-state index contributed by atoms with van der Waals surface area (Å²) in [5, 5.41) is 6.33. The molecule has 2 aromatic rings. The number of carbonyl (C=O) groups is 1. The van der Waals surface area contributed by atoms with Gasteiger partial charge in [0.15, 0.2) is 0 Å².